The molecule has 5 aromatic rings. The van der Waals surface area contributed by atoms with Crippen molar-refractivity contribution >= 4 is 40.9 Å². The molecule has 7 rings (SSSR count). The third-order valence-corrected chi connectivity index (χ3v) is 11.6. The number of oxazole rings is 1. The normalized spacial score (nSPS) is 17.6. The van der Waals surface area contributed by atoms with Crippen molar-refractivity contribution < 1.29 is 37.9 Å². The molecular weight excluding hydrogens is 789 g/mol. The first-order chi connectivity index (χ1) is 30.2. The van der Waals surface area contributed by atoms with Crippen LogP contribution in [0, 0.1) is 0 Å². The molecule has 0 aliphatic carbocycles. The highest BCUT2D eigenvalue weighted by Gasteiger charge is 2.45. The van der Waals surface area contributed by atoms with Crippen LogP contribution in [0.25, 0.3) is 11.1 Å². The quantitative estimate of drug-likeness (QED) is 0.0686. The van der Waals surface area contributed by atoms with Crippen LogP contribution in [-0.2, 0) is 32.1 Å². The van der Waals surface area contributed by atoms with E-state index < -0.39 is 54.0 Å². The second-order valence-electron chi connectivity index (χ2n) is 15.9. The number of Topliss-reactive ketones (excluding diaryl/α,β-unsaturated/α-hetero) is 1. The predicted octanol–water partition coefficient (Wildman–Crippen LogP) is 6.54. The van der Waals surface area contributed by atoms with Gasteiger partial charge in [0.1, 0.15) is 30.3 Å². The number of aryl methyl sites for hydroxylation is 1. The standard InChI is InChI=1S/C48H54N6O8/c49-27-13-12-21-39(43(55)45-51-38-20-10-11-22-42(38)62-45)50-44(56)41-30-37(61-48(59)53-28-25-36(26-29-53)35-18-8-3-9-19-35)31-54(41)46(57)40(24-23-33-14-4-1-5-15-33)52-47(58)60-32-34-16-6-2-7-17-34/h1-11,14-20,22,36-37,39-41H,12-13,21,23-32,49H2,(H,50,56)(H,52,58)/t37-,39+,40?,41?/m1/s1. The third kappa shape index (κ3) is 11.4. The summed E-state index contributed by atoms with van der Waals surface area (Å²) >= 11 is 0. The lowest BCUT2D eigenvalue weighted by Gasteiger charge is -2.32. The lowest BCUT2D eigenvalue weighted by molar-refractivity contribution is -0.140. The van der Waals surface area contributed by atoms with Crippen molar-refractivity contribution in [3.05, 3.63) is 138 Å². The molecule has 0 radical (unpaired) electrons. The molecule has 0 spiro atoms. The number of aromatic nitrogens is 1. The van der Waals surface area contributed by atoms with Gasteiger partial charge in [-0.15, -0.1) is 0 Å². The van der Waals surface area contributed by atoms with Crippen molar-refractivity contribution in [1.29, 1.82) is 0 Å². The van der Waals surface area contributed by atoms with Crippen LogP contribution in [0.15, 0.2) is 120 Å². The number of piperidine rings is 1. The molecule has 2 aliphatic heterocycles. The van der Waals surface area contributed by atoms with Gasteiger partial charge < -0.3 is 40.1 Å². The Morgan fingerprint density at radius 2 is 1.44 bits per heavy atom. The van der Waals surface area contributed by atoms with Crippen LogP contribution in [0.1, 0.15) is 78.2 Å². The van der Waals surface area contributed by atoms with E-state index in [1.54, 1.807) is 29.2 Å². The predicted molar refractivity (Wildman–Crippen MR) is 232 cm³/mol. The van der Waals surface area contributed by atoms with Crippen LogP contribution in [0.2, 0.25) is 0 Å². The number of rotatable bonds is 17. The molecule has 2 aliphatic rings. The summed E-state index contributed by atoms with van der Waals surface area (Å²) in [6.45, 7) is 1.27. The number of amides is 4. The van der Waals surface area contributed by atoms with Gasteiger partial charge >= 0.3 is 12.2 Å². The number of unbranched alkanes of at least 4 members (excludes halogenated alkanes) is 1. The molecule has 2 saturated heterocycles. The summed E-state index contributed by atoms with van der Waals surface area (Å²) in [7, 11) is 0. The Bertz CT molecular complexity index is 2230. The molecule has 4 aromatic carbocycles. The molecule has 3 heterocycles. The van der Waals surface area contributed by atoms with Gasteiger partial charge in [-0.1, -0.05) is 103 Å². The van der Waals surface area contributed by atoms with E-state index in [1.165, 1.54) is 10.5 Å². The van der Waals surface area contributed by atoms with E-state index in [1.807, 2.05) is 78.9 Å². The van der Waals surface area contributed by atoms with Crippen molar-refractivity contribution in [2.75, 3.05) is 26.2 Å². The van der Waals surface area contributed by atoms with E-state index in [4.69, 9.17) is 19.6 Å². The van der Waals surface area contributed by atoms with E-state index in [9.17, 15) is 24.0 Å². The van der Waals surface area contributed by atoms with Gasteiger partial charge in [0.15, 0.2) is 5.58 Å². The molecule has 4 N–H and O–H groups in total. The molecule has 1 aromatic heterocycles. The number of alkyl carbamates (subject to hydrolysis) is 1. The highest BCUT2D eigenvalue weighted by Crippen LogP contribution is 2.30. The maximum atomic E-state index is 14.8. The van der Waals surface area contributed by atoms with Crippen LogP contribution in [0.3, 0.4) is 0 Å². The lowest BCUT2D eigenvalue weighted by Crippen LogP contribution is -2.55. The van der Waals surface area contributed by atoms with Gasteiger partial charge in [0.25, 0.3) is 5.89 Å². The van der Waals surface area contributed by atoms with Crippen LogP contribution >= 0.6 is 0 Å². The monoisotopic (exact) mass is 842 g/mol. The fourth-order valence-electron chi connectivity index (χ4n) is 8.19. The molecule has 14 nitrogen and oxygen atoms in total. The van der Waals surface area contributed by atoms with E-state index in [0.29, 0.717) is 55.9 Å². The van der Waals surface area contributed by atoms with Gasteiger partial charge in [0.05, 0.1) is 12.6 Å². The first-order valence-corrected chi connectivity index (χ1v) is 21.5. The highest BCUT2D eigenvalue weighted by molar-refractivity contribution is 6.01. The molecule has 2 unspecified atom stereocenters. The average molecular weight is 843 g/mol. The van der Waals surface area contributed by atoms with E-state index in [0.717, 1.165) is 24.0 Å². The zero-order chi connectivity index (χ0) is 43.3. The largest absolute Gasteiger partial charge is 0.445 e. The Hall–Kier alpha value is -6.54. The number of carbonyl (C=O) groups is 5. The van der Waals surface area contributed by atoms with E-state index in [-0.39, 0.29) is 38.3 Å². The molecule has 4 atom stereocenters. The van der Waals surface area contributed by atoms with E-state index >= 15 is 0 Å². The minimum Gasteiger partial charge on any atom is -0.445 e. The van der Waals surface area contributed by atoms with Crippen molar-refractivity contribution in [2.24, 2.45) is 5.73 Å². The molecule has 0 bridgehead atoms. The summed E-state index contributed by atoms with van der Waals surface area (Å²) in [6, 6.07) is 32.6. The molecule has 62 heavy (non-hydrogen) atoms. The summed E-state index contributed by atoms with van der Waals surface area (Å²) in [5.74, 6) is -1.51. The Kier molecular flexibility index (Phi) is 15.0. The number of benzene rings is 4. The maximum Gasteiger partial charge on any atom is 0.410 e. The van der Waals surface area contributed by atoms with E-state index in [2.05, 4.69) is 27.8 Å². The number of ketones is 1. The first kappa shape index (κ1) is 43.5. The van der Waals surface area contributed by atoms with Gasteiger partial charge in [-0.3, -0.25) is 14.4 Å². The van der Waals surface area contributed by atoms with Gasteiger partial charge in [-0.2, -0.15) is 0 Å². The fourth-order valence-corrected chi connectivity index (χ4v) is 8.19. The Balaban J connectivity index is 1.10. The Labute approximate surface area is 361 Å². The minimum atomic E-state index is -1.15. The lowest BCUT2D eigenvalue weighted by atomic mass is 9.90. The molecule has 4 amide bonds. The summed E-state index contributed by atoms with van der Waals surface area (Å²) in [5.41, 5.74) is 9.67. The van der Waals surface area contributed by atoms with Gasteiger partial charge in [-0.05, 0) is 86.2 Å². The Morgan fingerprint density at radius 1 is 0.774 bits per heavy atom. The summed E-state index contributed by atoms with van der Waals surface area (Å²) in [6.07, 6.45) is 1.34. The number of para-hydroxylation sites is 2. The first-order valence-electron chi connectivity index (χ1n) is 21.5. The third-order valence-electron chi connectivity index (χ3n) is 11.6. The molecule has 14 heteroatoms. The number of nitrogens with two attached hydrogens (primary N) is 1. The second-order valence-corrected chi connectivity index (χ2v) is 15.9. The number of ether oxygens (including phenoxy) is 2. The van der Waals surface area contributed by atoms with Crippen LogP contribution in [-0.4, -0.2) is 95.0 Å². The fraction of sp³-hybridized carbons (Fsp3) is 0.375. The summed E-state index contributed by atoms with van der Waals surface area (Å²) in [4.78, 5) is 77.6. The van der Waals surface area contributed by atoms with Crippen molar-refractivity contribution in [3.63, 3.8) is 0 Å². The molecular formula is C48H54N6O8. The summed E-state index contributed by atoms with van der Waals surface area (Å²) in [5, 5.41) is 5.65. The summed E-state index contributed by atoms with van der Waals surface area (Å²) < 4.78 is 17.4. The number of fused-ring (bicyclic) bond motifs is 1. The number of carbonyl (C=O) groups excluding carboxylic acids is 5. The second kappa shape index (κ2) is 21.3. The molecule has 2 fully saturated rings. The minimum absolute atomic E-state index is 0.0126. The Morgan fingerprint density at radius 3 is 2.13 bits per heavy atom. The average Bonchev–Trinajstić information content (AvgIpc) is 3.95. The number of hydrogen-bond donors (Lipinski definition) is 3. The SMILES string of the molecule is NCCCC[C@H](NC(=O)C1C[C@@H](OC(=O)N2CCC(c3ccccc3)CC2)CN1C(=O)C(CCc1ccccc1)NC(=O)OCc1ccccc1)C(=O)c1nc2ccccc2o1. The maximum absolute atomic E-state index is 14.8. The zero-order valence-corrected chi connectivity index (χ0v) is 34.7. The zero-order valence-electron chi connectivity index (χ0n) is 34.7. The van der Waals surface area contributed by atoms with Crippen molar-refractivity contribution in [2.45, 2.75) is 88.1 Å². The number of likely N-dealkylation sites (tertiary alicyclic amines) is 2. The highest BCUT2D eigenvalue weighted by atomic mass is 16.6. The number of nitrogens with zero attached hydrogens (tertiary/aromatic N) is 3. The van der Waals surface area contributed by atoms with Gasteiger partial charge in [0.2, 0.25) is 17.6 Å². The van der Waals surface area contributed by atoms with Crippen molar-refractivity contribution in [1.82, 2.24) is 25.4 Å². The number of nitrogens with one attached hydrogen (secondary N) is 2. The molecule has 0 saturated carbocycles. The molecule has 324 valence electrons. The van der Waals surface area contributed by atoms with Gasteiger partial charge in [-0.25, -0.2) is 14.6 Å². The van der Waals surface area contributed by atoms with Crippen molar-refractivity contribution in [3.8, 4) is 0 Å². The van der Waals surface area contributed by atoms with Crippen LogP contribution in [0.5, 0.6) is 0 Å². The topological polar surface area (TPSA) is 186 Å². The number of hydrogen-bond acceptors (Lipinski definition) is 10. The smallest absolute Gasteiger partial charge is 0.410 e. The van der Waals surface area contributed by atoms with Crippen LogP contribution in [0.4, 0.5) is 9.59 Å². The van der Waals surface area contributed by atoms with Gasteiger partial charge in [0, 0.05) is 19.5 Å². The van der Waals surface area contributed by atoms with Crippen LogP contribution < -0.4 is 16.4 Å².